The van der Waals surface area contributed by atoms with Crippen LogP contribution in [-0.4, -0.2) is 30.6 Å². The molecule has 3 saturated carbocycles. The molecule has 0 saturated heterocycles. The van der Waals surface area contributed by atoms with E-state index < -0.39 is 22.2 Å². The predicted octanol–water partition coefficient (Wildman–Crippen LogP) is 6.68. The average Bonchev–Trinajstić information content (AvgIpc) is 3.35. The van der Waals surface area contributed by atoms with Gasteiger partial charge in [0.25, 0.3) is 0 Å². The van der Waals surface area contributed by atoms with Gasteiger partial charge in [-0.3, -0.25) is 4.79 Å². The average molecular weight is 459 g/mol. The summed E-state index contributed by atoms with van der Waals surface area (Å²) in [5.41, 5.74) is -1.32. The Morgan fingerprint density at radius 1 is 1.15 bits per heavy atom. The van der Waals surface area contributed by atoms with E-state index in [0.717, 1.165) is 37.5 Å². The zero-order valence-electron chi connectivity index (χ0n) is 21.4. The van der Waals surface area contributed by atoms with E-state index in [4.69, 9.17) is 4.74 Å². The highest BCUT2D eigenvalue weighted by Gasteiger charge is 2.84. The molecule has 3 fully saturated rings. The number of hydrogen-bond acceptors (Lipinski definition) is 3. The van der Waals surface area contributed by atoms with Crippen molar-refractivity contribution in [2.24, 2.45) is 45.8 Å². The molecule has 4 rings (SSSR count). The highest BCUT2D eigenvalue weighted by molar-refractivity contribution is 5.90. The van der Waals surface area contributed by atoms with Gasteiger partial charge < -0.3 is 14.6 Å². The van der Waals surface area contributed by atoms with E-state index in [1.807, 2.05) is 0 Å². The van der Waals surface area contributed by atoms with Gasteiger partial charge in [0.15, 0.2) is 0 Å². The normalized spacial score (nSPS) is 40.8. The van der Waals surface area contributed by atoms with Gasteiger partial charge in [0.2, 0.25) is 0 Å². The number of carboxylic acids is 1. The van der Waals surface area contributed by atoms with E-state index in [-0.39, 0.29) is 17.8 Å². The molecule has 0 amide bonds. The minimum absolute atomic E-state index is 0.128. The molecule has 4 nitrogen and oxygen atoms in total. The summed E-state index contributed by atoms with van der Waals surface area (Å²) < 4.78 is 6.37. The number of aliphatic carboxylic acids is 1. The van der Waals surface area contributed by atoms with Crippen LogP contribution >= 0.6 is 0 Å². The third-order valence-electron chi connectivity index (χ3n) is 10.4. The number of unbranched alkanes of at least 4 members (excludes halogenated alkanes) is 6. The summed E-state index contributed by atoms with van der Waals surface area (Å²) in [5, 5.41) is 11.0. The maximum atomic E-state index is 13.4. The summed E-state index contributed by atoms with van der Waals surface area (Å²) in [6.45, 7) is 9.95. The SMILES string of the molecule is CCCCCCCCCOC[C@]12C[C@H]3[C@@H](C)CC[C@@H]3[C@]3(C=O)C[C@H]1C=C(C(C)C)[C@]23C(=O)O. The van der Waals surface area contributed by atoms with E-state index in [2.05, 4.69) is 33.8 Å². The van der Waals surface area contributed by atoms with Crippen LogP contribution in [0.25, 0.3) is 0 Å². The Morgan fingerprint density at radius 2 is 1.85 bits per heavy atom. The van der Waals surface area contributed by atoms with Gasteiger partial charge in [-0.1, -0.05) is 84.3 Å². The maximum absolute atomic E-state index is 13.4. The van der Waals surface area contributed by atoms with Crippen LogP contribution in [0, 0.1) is 45.8 Å². The number of allylic oxidation sites excluding steroid dienone is 1. The molecule has 0 aliphatic heterocycles. The molecule has 0 spiro atoms. The molecule has 33 heavy (non-hydrogen) atoms. The lowest BCUT2D eigenvalue weighted by Crippen LogP contribution is -2.63. The Labute approximate surface area is 200 Å². The Morgan fingerprint density at radius 3 is 2.48 bits per heavy atom. The van der Waals surface area contributed by atoms with Crippen LogP contribution in [-0.2, 0) is 14.3 Å². The molecule has 0 aromatic carbocycles. The first-order valence-corrected chi connectivity index (χ1v) is 13.8. The summed E-state index contributed by atoms with van der Waals surface area (Å²) in [7, 11) is 0. The Hall–Kier alpha value is -1.16. The Balaban J connectivity index is 1.57. The molecule has 0 aromatic rings. The Kier molecular flexibility index (Phi) is 7.16. The first kappa shape index (κ1) is 24.9. The summed E-state index contributed by atoms with van der Waals surface area (Å²) in [5.74, 6) is 0.696. The predicted molar refractivity (Wildman–Crippen MR) is 131 cm³/mol. The van der Waals surface area contributed by atoms with Crippen molar-refractivity contribution < 1.29 is 19.4 Å². The fourth-order valence-corrected chi connectivity index (χ4v) is 9.05. The maximum Gasteiger partial charge on any atom is 0.315 e. The fraction of sp³-hybridized carbons (Fsp3) is 0.862. The van der Waals surface area contributed by atoms with Crippen LogP contribution in [0.4, 0.5) is 0 Å². The molecule has 4 heteroatoms. The molecule has 0 radical (unpaired) electrons. The van der Waals surface area contributed by atoms with Crippen molar-refractivity contribution in [3.63, 3.8) is 0 Å². The highest BCUT2D eigenvalue weighted by atomic mass is 16.5. The van der Waals surface area contributed by atoms with E-state index in [1.165, 1.54) is 38.5 Å². The molecule has 4 bridgehead atoms. The third kappa shape index (κ3) is 3.40. The van der Waals surface area contributed by atoms with E-state index >= 15 is 0 Å². The van der Waals surface area contributed by atoms with E-state index in [9.17, 15) is 14.7 Å². The molecule has 0 heterocycles. The van der Waals surface area contributed by atoms with Gasteiger partial charge in [0.05, 0.1) is 12.0 Å². The van der Waals surface area contributed by atoms with Gasteiger partial charge in [-0.25, -0.2) is 0 Å². The van der Waals surface area contributed by atoms with Crippen molar-refractivity contribution in [1.82, 2.24) is 0 Å². The molecular weight excluding hydrogens is 412 g/mol. The van der Waals surface area contributed by atoms with Crippen molar-refractivity contribution in [2.75, 3.05) is 13.2 Å². The smallest absolute Gasteiger partial charge is 0.315 e. The van der Waals surface area contributed by atoms with E-state index in [1.54, 1.807) is 0 Å². The lowest BCUT2D eigenvalue weighted by atomic mass is 9.43. The van der Waals surface area contributed by atoms with Crippen molar-refractivity contribution in [3.8, 4) is 0 Å². The standard InChI is InChI=1S/C29H46O4/c1-5-6-7-8-9-10-11-14-33-19-28-17-23-21(4)12-13-24(23)27(18-30)16-22(28)15-25(20(2)3)29(27,28)26(31)32/h15,18,20-24H,5-14,16-17,19H2,1-4H3,(H,31,32)/t21-,22+,23-,24-,27+,28+,29+/m0/s1. The zero-order valence-corrected chi connectivity index (χ0v) is 21.4. The van der Waals surface area contributed by atoms with Crippen LogP contribution in [0.2, 0.25) is 0 Å². The van der Waals surface area contributed by atoms with Gasteiger partial charge in [-0.05, 0) is 55.3 Å². The van der Waals surface area contributed by atoms with Gasteiger partial charge >= 0.3 is 5.97 Å². The minimum atomic E-state index is -1.09. The third-order valence-corrected chi connectivity index (χ3v) is 10.4. The lowest BCUT2D eigenvalue weighted by Gasteiger charge is -2.58. The van der Waals surface area contributed by atoms with Crippen LogP contribution in [0.5, 0.6) is 0 Å². The zero-order chi connectivity index (χ0) is 23.9. The number of hydrogen-bond donors (Lipinski definition) is 1. The monoisotopic (exact) mass is 458 g/mol. The van der Waals surface area contributed by atoms with E-state index in [0.29, 0.717) is 31.5 Å². The quantitative estimate of drug-likeness (QED) is 0.190. The van der Waals surface area contributed by atoms with Crippen molar-refractivity contribution in [1.29, 1.82) is 0 Å². The number of aldehydes is 1. The Bertz CT molecular complexity index is 772. The molecular formula is C29H46O4. The largest absolute Gasteiger partial charge is 0.481 e. The van der Waals surface area contributed by atoms with Crippen LogP contribution in [0.3, 0.4) is 0 Å². The van der Waals surface area contributed by atoms with Gasteiger partial charge in [0, 0.05) is 12.0 Å². The topological polar surface area (TPSA) is 63.6 Å². The fourth-order valence-electron chi connectivity index (χ4n) is 9.05. The first-order chi connectivity index (χ1) is 15.8. The molecule has 0 unspecified atom stereocenters. The lowest BCUT2D eigenvalue weighted by molar-refractivity contribution is -0.186. The van der Waals surface area contributed by atoms with Gasteiger partial charge in [-0.2, -0.15) is 0 Å². The van der Waals surface area contributed by atoms with Gasteiger partial charge in [-0.15, -0.1) is 0 Å². The molecule has 1 N–H and O–H groups in total. The number of fused-ring (bicyclic) bond motifs is 2. The summed E-state index contributed by atoms with van der Waals surface area (Å²) in [6.07, 6.45) is 15.8. The van der Waals surface area contributed by atoms with Crippen molar-refractivity contribution in [2.45, 2.75) is 98.3 Å². The van der Waals surface area contributed by atoms with Crippen LogP contribution < -0.4 is 0 Å². The van der Waals surface area contributed by atoms with Crippen molar-refractivity contribution in [3.05, 3.63) is 11.6 Å². The first-order valence-electron chi connectivity index (χ1n) is 13.8. The summed E-state index contributed by atoms with van der Waals surface area (Å²) >= 11 is 0. The number of carboxylic acid groups (broad SMARTS) is 1. The minimum Gasteiger partial charge on any atom is -0.481 e. The second-order valence-electron chi connectivity index (χ2n) is 12.2. The number of ether oxygens (including phenoxy) is 1. The molecule has 4 aliphatic rings. The molecule has 7 atom stereocenters. The van der Waals surface area contributed by atoms with Gasteiger partial charge in [0.1, 0.15) is 11.7 Å². The number of carbonyl (C=O) groups excluding carboxylic acids is 1. The summed E-state index contributed by atoms with van der Waals surface area (Å²) in [6, 6.07) is 0. The highest BCUT2D eigenvalue weighted by Crippen LogP contribution is 2.82. The van der Waals surface area contributed by atoms with Crippen LogP contribution in [0.15, 0.2) is 11.6 Å². The number of rotatable bonds is 13. The number of carbonyl (C=O) groups is 2. The summed E-state index contributed by atoms with van der Waals surface area (Å²) in [4.78, 5) is 26.3. The second kappa shape index (κ2) is 9.47. The van der Waals surface area contributed by atoms with Crippen LogP contribution in [0.1, 0.15) is 98.3 Å². The second-order valence-corrected chi connectivity index (χ2v) is 12.2. The molecule has 186 valence electrons. The molecule has 4 aliphatic carbocycles. The van der Waals surface area contributed by atoms with Crippen molar-refractivity contribution >= 4 is 12.3 Å². The molecule has 0 aromatic heterocycles.